The number of aromatic nitrogens is 1. The predicted molar refractivity (Wildman–Crippen MR) is 107 cm³/mol. The van der Waals surface area contributed by atoms with E-state index in [-0.39, 0.29) is 12.1 Å². The largest absolute Gasteiger partial charge is 0.487 e. The Kier molecular flexibility index (Phi) is 6.42. The molecule has 3 aromatic rings. The molecule has 27 heavy (non-hydrogen) atoms. The first-order chi connectivity index (χ1) is 13.2. The Balaban J connectivity index is 1.75. The quantitative estimate of drug-likeness (QED) is 0.488. The van der Waals surface area contributed by atoms with Crippen molar-refractivity contribution in [1.29, 1.82) is 0 Å². The van der Waals surface area contributed by atoms with Crippen LogP contribution < -0.4 is 4.74 Å². The summed E-state index contributed by atoms with van der Waals surface area (Å²) in [6, 6.07) is 17.9. The summed E-state index contributed by atoms with van der Waals surface area (Å²) in [5.74, 6) is 0.514. The van der Waals surface area contributed by atoms with E-state index >= 15 is 0 Å². The van der Waals surface area contributed by atoms with E-state index in [4.69, 9.17) is 9.47 Å². The molecule has 1 atom stereocenters. The molecule has 140 valence electrons. The number of esters is 1. The normalized spacial score (nSPS) is 11.9. The van der Waals surface area contributed by atoms with Crippen LogP contribution in [0.15, 0.2) is 60.8 Å². The number of carbonyl (C=O) groups excluding carboxylic acids is 1. The van der Waals surface area contributed by atoms with Crippen molar-refractivity contribution in [3.8, 4) is 5.75 Å². The van der Waals surface area contributed by atoms with Gasteiger partial charge in [0.15, 0.2) is 0 Å². The fourth-order valence-electron chi connectivity index (χ4n) is 3.12. The number of ether oxygens (including phenoxy) is 2. The lowest BCUT2D eigenvalue weighted by molar-refractivity contribution is -0.147. The fraction of sp³-hybridized carbons (Fsp3) is 0.304. The van der Waals surface area contributed by atoms with Crippen molar-refractivity contribution in [3.05, 3.63) is 71.9 Å². The first-order valence-electron chi connectivity index (χ1n) is 9.40. The molecular weight excluding hydrogens is 338 g/mol. The molecular formula is C23H25NO3. The van der Waals surface area contributed by atoms with Crippen molar-refractivity contribution in [2.75, 3.05) is 0 Å². The Morgan fingerprint density at radius 1 is 1.11 bits per heavy atom. The number of hydrogen-bond acceptors (Lipinski definition) is 4. The molecule has 0 saturated heterocycles. The van der Waals surface area contributed by atoms with Crippen molar-refractivity contribution in [1.82, 2.24) is 4.98 Å². The third kappa shape index (κ3) is 5.07. The SMILES string of the molecule is CCCCC(OC(C)=O)c1cccc(COc2cccc3cccnc23)c1. The highest BCUT2D eigenvalue weighted by atomic mass is 16.5. The standard InChI is InChI=1S/C23H25NO3/c1-3-4-12-21(27-17(2)25)20-10-5-8-18(15-20)16-26-22-13-6-9-19-11-7-14-24-23(19)22/h5-11,13-15,21H,3-4,12,16H2,1-2H3. The number of nitrogens with zero attached hydrogens (tertiary/aromatic N) is 1. The maximum atomic E-state index is 11.5. The first kappa shape index (κ1) is 18.9. The van der Waals surface area contributed by atoms with Gasteiger partial charge in [0.1, 0.15) is 24.0 Å². The van der Waals surface area contributed by atoms with Gasteiger partial charge in [-0.05, 0) is 42.2 Å². The molecule has 4 nitrogen and oxygen atoms in total. The highest BCUT2D eigenvalue weighted by molar-refractivity contribution is 5.84. The molecule has 0 aliphatic rings. The zero-order valence-electron chi connectivity index (χ0n) is 15.9. The average molecular weight is 363 g/mol. The fourth-order valence-corrected chi connectivity index (χ4v) is 3.12. The molecule has 1 unspecified atom stereocenters. The maximum absolute atomic E-state index is 11.5. The third-order valence-electron chi connectivity index (χ3n) is 4.44. The smallest absolute Gasteiger partial charge is 0.303 e. The zero-order valence-corrected chi connectivity index (χ0v) is 15.9. The van der Waals surface area contributed by atoms with Crippen LogP contribution in [0.2, 0.25) is 0 Å². The number of benzene rings is 2. The van der Waals surface area contributed by atoms with Gasteiger partial charge in [0, 0.05) is 18.5 Å². The van der Waals surface area contributed by atoms with E-state index < -0.39 is 0 Å². The molecule has 1 heterocycles. The van der Waals surface area contributed by atoms with Crippen LogP contribution in [0.1, 0.15) is 50.3 Å². The Labute approximate surface area is 160 Å². The van der Waals surface area contributed by atoms with Gasteiger partial charge in [-0.3, -0.25) is 9.78 Å². The molecule has 0 fully saturated rings. The number of pyridine rings is 1. The molecule has 0 aliphatic carbocycles. The van der Waals surface area contributed by atoms with Gasteiger partial charge < -0.3 is 9.47 Å². The molecule has 4 heteroatoms. The number of para-hydroxylation sites is 1. The second kappa shape index (κ2) is 9.17. The Bertz CT molecular complexity index is 902. The lowest BCUT2D eigenvalue weighted by Gasteiger charge is -2.18. The maximum Gasteiger partial charge on any atom is 0.303 e. The summed E-state index contributed by atoms with van der Waals surface area (Å²) in [4.78, 5) is 15.9. The second-order valence-electron chi connectivity index (χ2n) is 6.61. The summed E-state index contributed by atoms with van der Waals surface area (Å²) in [6.07, 6.45) is 4.47. The van der Waals surface area contributed by atoms with E-state index in [0.29, 0.717) is 6.61 Å². The van der Waals surface area contributed by atoms with Gasteiger partial charge in [-0.15, -0.1) is 0 Å². The Morgan fingerprint density at radius 2 is 1.93 bits per heavy atom. The molecule has 0 amide bonds. The van der Waals surface area contributed by atoms with Gasteiger partial charge in [-0.1, -0.05) is 49.7 Å². The van der Waals surface area contributed by atoms with Crippen LogP contribution in [0.5, 0.6) is 5.75 Å². The minimum atomic E-state index is -0.250. The summed E-state index contributed by atoms with van der Waals surface area (Å²) in [7, 11) is 0. The van der Waals surface area contributed by atoms with Crippen LogP contribution in [0, 0.1) is 0 Å². The average Bonchev–Trinajstić information content (AvgIpc) is 2.69. The molecule has 0 radical (unpaired) electrons. The molecule has 0 saturated carbocycles. The van der Waals surface area contributed by atoms with E-state index in [9.17, 15) is 4.79 Å². The van der Waals surface area contributed by atoms with Crippen molar-refractivity contribution < 1.29 is 14.3 Å². The zero-order chi connectivity index (χ0) is 19.1. The second-order valence-corrected chi connectivity index (χ2v) is 6.61. The lowest BCUT2D eigenvalue weighted by atomic mass is 10.0. The number of unbranched alkanes of at least 4 members (excludes halogenated alkanes) is 1. The summed E-state index contributed by atoms with van der Waals surface area (Å²) in [5, 5.41) is 1.05. The molecule has 0 bridgehead atoms. The first-order valence-corrected chi connectivity index (χ1v) is 9.40. The molecule has 2 aromatic carbocycles. The van der Waals surface area contributed by atoms with Crippen molar-refractivity contribution in [3.63, 3.8) is 0 Å². The molecule has 0 N–H and O–H groups in total. The van der Waals surface area contributed by atoms with Crippen LogP contribution in [-0.4, -0.2) is 11.0 Å². The van der Waals surface area contributed by atoms with Gasteiger partial charge in [-0.2, -0.15) is 0 Å². The van der Waals surface area contributed by atoms with Crippen molar-refractivity contribution in [2.45, 2.75) is 45.8 Å². The topological polar surface area (TPSA) is 48.4 Å². The predicted octanol–water partition coefficient (Wildman–Crippen LogP) is 5.61. The van der Waals surface area contributed by atoms with Gasteiger partial charge in [0.2, 0.25) is 0 Å². The van der Waals surface area contributed by atoms with Gasteiger partial charge in [0.05, 0.1) is 0 Å². The summed E-state index contributed by atoms with van der Waals surface area (Å²) >= 11 is 0. The van der Waals surface area contributed by atoms with Crippen molar-refractivity contribution >= 4 is 16.9 Å². The summed E-state index contributed by atoms with van der Waals surface area (Å²) in [5.41, 5.74) is 2.90. The minimum absolute atomic E-state index is 0.207. The van der Waals surface area contributed by atoms with Gasteiger partial charge >= 0.3 is 5.97 Å². The third-order valence-corrected chi connectivity index (χ3v) is 4.44. The molecule has 0 aliphatic heterocycles. The van der Waals surface area contributed by atoms with Crippen LogP contribution in [0.4, 0.5) is 0 Å². The highest BCUT2D eigenvalue weighted by Crippen LogP contribution is 2.27. The Hall–Kier alpha value is -2.88. The minimum Gasteiger partial charge on any atom is -0.487 e. The van der Waals surface area contributed by atoms with Gasteiger partial charge in [-0.25, -0.2) is 0 Å². The highest BCUT2D eigenvalue weighted by Gasteiger charge is 2.15. The van der Waals surface area contributed by atoms with Crippen LogP contribution in [0.3, 0.4) is 0 Å². The van der Waals surface area contributed by atoms with E-state index in [2.05, 4.69) is 18.0 Å². The monoisotopic (exact) mass is 363 g/mol. The van der Waals surface area contributed by atoms with E-state index in [1.165, 1.54) is 6.92 Å². The number of fused-ring (bicyclic) bond motifs is 1. The number of carbonyl (C=O) groups is 1. The van der Waals surface area contributed by atoms with E-state index in [1.54, 1.807) is 6.20 Å². The summed E-state index contributed by atoms with van der Waals surface area (Å²) < 4.78 is 11.6. The molecule has 0 spiro atoms. The van der Waals surface area contributed by atoms with Crippen LogP contribution in [0.25, 0.3) is 10.9 Å². The van der Waals surface area contributed by atoms with Crippen LogP contribution >= 0.6 is 0 Å². The van der Waals surface area contributed by atoms with Crippen molar-refractivity contribution in [2.24, 2.45) is 0 Å². The van der Waals surface area contributed by atoms with E-state index in [0.717, 1.165) is 47.0 Å². The van der Waals surface area contributed by atoms with Crippen LogP contribution in [-0.2, 0) is 16.1 Å². The number of rotatable bonds is 8. The molecule has 1 aromatic heterocycles. The van der Waals surface area contributed by atoms with E-state index in [1.807, 2.05) is 48.5 Å². The Morgan fingerprint density at radius 3 is 2.74 bits per heavy atom. The summed E-state index contributed by atoms with van der Waals surface area (Å²) in [6.45, 7) is 4.02. The number of hydrogen-bond donors (Lipinski definition) is 0. The van der Waals surface area contributed by atoms with Gasteiger partial charge in [0.25, 0.3) is 0 Å². The molecule has 3 rings (SSSR count). The lowest BCUT2D eigenvalue weighted by Crippen LogP contribution is -2.09.